The van der Waals surface area contributed by atoms with Gasteiger partial charge in [-0.15, -0.1) is 0 Å². The van der Waals surface area contributed by atoms with E-state index in [1.165, 1.54) is 11.6 Å². The first-order valence-electron chi connectivity index (χ1n) is 12.8. The van der Waals surface area contributed by atoms with Crippen LogP contribution in [0, 0.1) is 5.92 Å². The average molecular weight is 501 g/mol. The second kappa shape index (κ2) is 10.6. The number of allylic oxidation sites excluding steroid dienone is 1. The van der Waals surface area contributed by atoms with Crippen molar-refractivity contribution in [1.29, 1.82) is 0 Å². The molecule has 0 radical (unpaired) electrons. The van der Waals surface area contributed by atoms with E-state index in [1.54, 1.807) is 20.3 Å². The Morgan fingerprint density at radius 1 is 1.22 bits per heavy atom. The van der Waals surface area contributed by atoms with E-state index in [-0.39, 0.29) is 41.5 Å². The van der Waals surface area contributed by atoms with E-state index in [2.05, 4.69) is 26.8 Å². The quantitative estimate of drug-likeness (QED) is 0.191. The number of carbonyl (C=O) groups is 1. The van der Waals surface area contributed by atoms with Crippen molar-refractivity contribution in [2.75, 3.05) is 20.8 Å². The topological polar surface area (TPSA) is 79.1 Å². The van der Waals surface area contributed by atoms with Gasteiger partial charge in [0.1, 0.15) is 23.4 Å². The molecule has 1 saturated carbocycles. The number of carbonyl (C=O) groups excluding carboxylic acids is 1. The van der Waals surface area contributed by atoms with Crippen molar-refractivity contribution >= 4 is 12.0 Å². The van der Waals surface area contributed by atoms with Gasteiger partial charge in [0.25, 0.3) is 0 Å². The second-order valence-corrected chi connectivity index (χ2v) is 10.8. The number of benzene rings is 1. The minimum Gasteiger partial charge on any atom is -0.493 e. The fraction of sp³-hybridized carbons (Fsp3) is 0.621. The molecule has 2 saturated heterocycles. The molecular formula is C29H40O7. The van der Waals surface area contributed by atoms with Crippen molar-refractivity contribution < 1.29 is 33.2 Å². The summed E-state index contributed by atoms with van der Waals surface area (Å²) in [6, 6.07) is 5.56. The number of hydrogen-bond donors (Lipinski definition) is 0. The number of esters is 1. The highest BCUT2D eigenvalue weighted by molar-refractivity contribution is 5.87. The molecule has 7 nitrogen and oxygen atoms in total. The number of methoxy groups -OCH3 is 2. The smallest absolute Gasteiger partial charge is 0.331 e. The van der Waals surface area contributed by atoms with E-state index in [0.29, 0.717) is 24.5 Å². The molecule has 198 valence electrons. The molecule has 1 aromatic carbocycles. The van der Waals surface area contributed by atoms with Gasteiger partial charge in [-0.3, -0.25) is 0 Å². The lowest BCUT2D eigenvalue weighted by molar-refractivity contribution is -0.166. The molecular weight excluding hydrogens is 460 g/mol. The zero-order valence-electron chi connectivity index (χ0n) is 22.5. The van der Waals surface area contributed by atoms with Gasteiger partial charge >= 0.3 is 5.97 Å². The summed E-state index contributed by atoms with van der Waals surface area (Å²) in [5, 5.41) is 0. The Hall–Kier alpha value is -2.35. The highest BCUT2D eigenvalue weighted by Crippen LogP contribution is 2.59. The second-order valence-electron chi connectivity index (χ2n) is 10.8. The molecule has 0 aromatic heterocycles. The number of rotatable bonds is 10. The zero-order chi connectivity index (χ0) is 26.1. The van der Waals surface area contributed by atoms with Crippen LogP contribution in [-0.4, -0.2) is 62.4 Å². The Kier molecular flexibility index (Phi) is 7.83. The first-order valence-corrected chi connectivity index (χ1v) is 12.8. The lowest BCUT2D eigenvalue weighted by Gasteiger charge is -2.42. The van der Waals surface area contributed by atoms with Crippen molar-refractivity contribution in [3.8, 4) is 11.5 Å². The van der Waals surface area contributed by atoms with E-state index < -0.39 is 5.97 Å². The lowest BCUT2D eigenvalue weighted by atomic mass is 9.68. The summed E-state index contributed by atoms with van der Waals surface area (Å²) in [6.45, 7) is 10.9. The maximum atomic E-state index is 12.8. The first kappa shape index (κ1) is 26.7. The molecule has 6 atom stereocenters. The van der Waals surface area contributed by atoms with Crippen LogP contribution in [0.5, 0.6) is 11.5 Å². The molecule has 36 heavy (non-hydrogen) atoms. The summed E-state index contributed by atoms with van der Waals surface area (Å²) >= 11 is 0. The first-order chi connectivity index (χ1) is 17.1. The van der Waals surface area contributed by atoms with E-state index in [9.17, 15) is 4.79 Å². The highest BCUT2D eigenvalue weighted by atomic mass is 16.6. The van der Waals surface area contributed by atoms with Gasteiger partial charge in [0.2, 0.25) is 0 Å². The van der Waals surface area contributed by atoms with Gasteiger partial charge < -0.3 is 28.4 Å². The number of hydrogen-bond acceptors (Lipinski definition) is 7. The van der Waals surface area contributed by atoms with Crippen LogP contribution < -0.4 is 9.47 Å². The minimum absolute atomic E-state index is 0.00106. The Bertz CT molecular complexity index is 1000. The van der Waals surface area contributed by atoms with Crippen LogP contribution in [0.25, 0.3) is 6.08 Å². The molecule has 1 spiro atoms. The Labute approximate surface area is 214 Å². The maximum Gasteiger partial charge on any atom is 0.331 e. The van der Waals surface area contributed by atoms with Gasteiger partial charge in [0.15, 0.2) is 11.5 Å². The van der Waals surface area contributed by atoms with Crippen LogP contribution >= 0.6 is 0 Å². The molecule has 0 N–H and O–H groups in total. The normalized spacial score (nSPS) is 33.0. The molecule has 1 aliphatic carbocycles. The predicted molar refractivity (Wildman–Crippen MR) is 137 cm³/mol. The maximum absolute atomic E-state index is 12.8. The summed E-state index contributed by atoms with van der Waals surface area (Å²) < 4.78 is 35.3. The van der Waals surface area contributed by atoms with Gasteiger partial charge in [-0.25, -0.2) is 4.79 Å². The third-order valence-corrected chi connectivity index (χ3v) is 7.47. The molecule has 1 aromatic rings. The summed E-state index contributed by atoms with van der Waals surface area (Å²) in [4.78, 5) is 12.8. The predicted octanol–water partition coefficient (Wildman–Crippen LogP) is 5.12. The third-order valence-electron chi connectivity index (χ3n) is 7.47. The SMILES string of the molecule is COc1cc(/C=C/C(=O)O[C@@H]2CCC3(CO3)[C@@H](C3(C)OC3CC=C(C)C)[C@@H]2OC)ccc1OC(C)C. The molecule has 3 fully saturated rings. The largest absolute Gasteiger partial charge is 0.493 e. The monoisotopic (exact) mass is 500 g/mol. The average Bonchev–Trinajstić information content (AvgIpc) is 3.74. The van der Waals surface area contributed by atoms with Crippen molar-refractivity contribution in [2.45, 2.75) is 89.5 Å². The van der Waals surface area contributed by atoms with E-state index in [1.807, 2.05) is 32.0 Å². The van der Waals surface area contributed by atoms with Crippen LogP contribution in [0.15, 0.2) is 35.9 Å². The van der Waals surface area contributed by atoms with Crippen LogP contribution in [-0.2, 0) is 23.7 Å². The van der Waals surface area contributed by atoms with Gasteiger partial charge in [0, 0.05) is 13.2 Å². The van der Waals surface area contributed by atoms with Crippen LogP contribution in [0.4, 0.5) is 0 Å². The summed E-state index contributed by atoms with van der Waals surface area (Å²) in [7, 11) is 3.28. The van der Waals surface area contributed by atoms with Crippen molar-refractivity contribution in [2.24, 2.45) is 5.92 Å². The van der Waals surface area contributed by atoms with Crippen molar-refractivity contribution in [1.82, 2.24) is 0 Å². The van der Waals surface area contributed by atoms with Crippen LogP contribution in [0.3, 0.4) is 0 Å². The van der Waals surface area contributed by atoms with Gasteiger partial charge in [0.05, 0.1) is 31.8 Å². The Morgan fingerprint density at radius 2 is 1.97 bits per heavy atom. The molecule has 0 bridgehead atoms. The van der Waals surface area contributed by atoms with E-state index in [0.717, 1.165) is 18.4 Å². The van der Waals surface area contributed by atoms with Crippen molar-refractivity contribution in [3.63, 3.8) is 0 Å². The molecule has 0 amide bonds. The highest BCUT2D eigenvalue weighted by Gasteiger charge is 2.72. The standard InChI is InChI=1S/C29H40O7/c1-18(2)8-12-24-28(5,36-24)27-26(32-7)22(14-15-29(27)17-33-29)35-25(30)13-10-20-9-11-21(34-19(3)4)23(16-20)31-6/h8-11,13,16,19,22,24,26-27H,12,14-15,17H2,1-7H3/b13-10+/t22-,24?,26-,27-,28?,29?/m1/s1. The summed E-state index contributed by atoms with van der Waals surface area (Å²) in [5.74, 6) is 0.874. The van der Waals surface area contributed by atoms with Crippen molar-refractivity contribution in [3.05, 3.63) is 41.5 Å². The molecule has 4 rings (SSSR count). The number of ether oxygens (including phenoxy) is 6. The van der Waals surface area contributed by atoms with Gasteiger partial charge in [-0.1, -0.05) is 17.7 Å². The molecule has 7 heteroatoms. The van der Waals surface area contributed by atoms with Crippen LogP contribution in [0.1, 0.15) is 59.4 Å². The fourth-order valence-electron chi connectivity index (χ4n) is 5.56. The molecule has 2 heterocycles. The van der Waals surface area contributed by atoms with E-state index >= 15 is 0 Å². The molecule has 2 aliphatic heterocycles. The molecule has 3 aliphatic rings. The number of epoxide rings is 2. The van der Waals surface area contributed by atoms with Crippen LogP contribution in [0.2, 0.25) is 0 Å². The molecule has 3 unspecified atom stereocenters. The zero-order valence-corrected chi connectivity index (χ0v) is 22.5. The minimum atomic E-state index is -0.405. The lowest BCUT2D eigenvalue weighted by Crippen LogP contribution is -2.55. The van der Waals surface area contributed by atoms with Gasteiger partial charge in [-0.05, 0) is 77.7 Å². The Morgan fingerprint density at radius 3 is 2.58 bits per heavy atom. The van der Waals surface area contributed by atoms with E-state index in [4.69, 9.17) is 28.4 Å². The third kappa shape index (κ3) is 5.63. The summed E-state index contributed by atoms with van der Waals surface area (Å²) in [6.07, 6.45) is 7.24. The Balaban J connectivity index is 1.43. The fourth-order valence-corrected chi connectivity index (χ4v) is 5.56. The van der Waals surface area contributed by atoms with Gasteiger partial charge in [-0.2, -0.15) is 0 Å². The summed E-state index contributed by atoms with van der Waals surface area (Å²) in [5.41, 5.74) is 1.48.